The number of ketones is 1. The molecule has 0 aromatic heterocycles. The summed E-state index contributed by atoms with van der Waals surface area (Å²) in [5, 5.41) is 33.6. The van der Waals surface area contributed by atoms with Crippen LogP contribution in [0.4, 0.5) is 0 Å². The molecule has 35 heavy (non-hydrogen) atoms. The molecule has 0 unspecified atom stereocenters. The maximum Gasteiger partial charge on any atom is 0.334 e. The van der Waals surface area contributed by atoms with Crippen LogP contribution in [-0.4, -0.2) is 55.9 Å². The summed E-state index contributed by atoms with van der Waals surface area (Å²) >= 11 is 6.82. The Morgan fingerprint density at radius 2 is 1.83 bits per heavy atom. The largest absolute Gasteiger partial charge is 0.456 e. The fraction of sp³-hybridized carbons (Fsp3) is 0.786. The highest BCUT2D eigenvalue weighted by atomic mass is 35.5. The number of alkyl halides is 1. The van der Waals surface area contributed by atoms with Gasteiger partial charge in [-0.15, -0.1) is 11.6 Å². The summed E-state index contributed by atoms with van der Waals surface area (Å²) in [7, 11) is 0. The van der Waals surface area contributed by atoms with Gasteiger partial charge < -0.3 is 20.1 Å². The third kappa shape index (κ3) is 3.12. The van der Waals surface area contributed by atoms with Crippen LogP contribution in [0.15, 0.2) is 23.3 Å². The first-order valence-corrected chi connectivity index (χ1v) is 13.5. The monoisotopic (exact) mass is 506 g/mol. The number of carbonyl (C=O) groups is 2. The van der Waals surface area contributed by atoms with E-state index >= 15 is 0 Å². The Hall–Kier alpha value is -1.21. The van der Waals surface area contributed by atoms with Crippen molar-refractivity contribution in [3.05, 3.63) is 23.3 Å². The van der Waals surface area contributed by atoms with Crippen molar-refractivity contribution in [1.82, 2.24) is 0 Å². The number of hydrogen-bond donors (Lipinski definition) is 3. The van der Waals surface area contributed by atoms with Crippen molar-refractivity contribution in [2.75, 3.05) is 0 Å². The molecular formula is C28H39ClO6. The van der Waals surface area contributed by atoms with Crippen LogP contribution in [-0.2, 0) is 14.3 Å². The third-order valence-electron chi connectivity index (χ3n) is 11.4. The van der Waals surface area contributed by atoms with Gasteiger partial charge in [-0.2, -0.15) is 0 Å². The zero-order valence-corrected chi connectivity index (χ0v) is 22.1. The van der Waals surface area contributed by atoms with Crippen LogP contribution in [0.5, 0.6) is 0 Å². The number of aliphatic hydroxyl groups is 3. The Kier molecular flexibility index (Phi) is 5.74. The van der Waals surface area contributed by atoms with Crippen molar-refractivity contribution in [2.45, 2.75) is 102 Å². The van der Waals surface area contributed by atoms with Gasteiger partial charge >= 0.3 is 5.97 Å². The summed E-state index contributed by atoms with van der Waals surface area (Å²) in [6.07, 6.45) is 5.25. The Balaban J connectivity index is 1.47. The Labute approximate surface area is 212 Å². The SMILES string of the molecule is CC1=C(C)C(=O)O[C@H]([C@](C)(O)[C@H]2CC[C@H]3[C@@H]4C[C@H](Cl)[C@]5(O)[C@@H](O)C=CC(=O)[C@]5(C)[C@H]4CC[C@]23C)C1. The Bertz CT molecular complexity index is 1020. The van der Waals surface area contributed by atoms with Gasteiger partial charge in [-0.1, -0.05) is 12.5 Å². The van der Waals surface area contributed by atoms with Crippen molar-refractivity contribution in [1.29, 1.82) is 0 Å². The Morgan fingerprint density at radius 3 is 2.49 bits per heavy atom. The van der Waals surface area contributed by atoms with E-state index in [0.717, 1.165) is 24.8 Å². The normalized spacial score (nSPS) is 51.3. The molecule has 11 atom stereocenters. The summed E-state index contributed by atoms with van der Waals surface area (Å²) in [6.45, 7) is 9.54. The lowest BCUT2D eigenvalue weighted by Gasteiger charge is -2.64. The van der Waals surface area contributed by atoms with Crippen molar-refractivity contribution in [3.63, 3.8) is 0 Å². The second-order valence-electron chi connectivity index (χ2n) is 12.7. The summed E-state index contributed by atoms with van der Waals surface area (Å²) < 4.78 is 5.74. The standard InChI is InChI=1S/C28H39ClO6/c1-14-12-23(35-24(32)15(14)2)27(5,33)19-7-6-17-16-13-20(29)28(34)22(31)9-8-21(30)26(28,4)18(16)10-11-25(17,19)3/h8-9,16-20,22-23,31,33-34H,6-7,10-13H2,1-5H3/t16-,17-,18-,19-,20-,22-,23-,25-,26-,27+,28-/m0/s1. The van der Waals surface area contributed by atoms with E-state index in [0.29, 0.717) is 24.8 Å². The van der Waals surface area contributed by atoms with Gasteiger partial charge in [-0.05, 0) is 101 Å². The van der Waals surface area contributed by atoms with Crippen molar-refractivity contribution in [3.8, 4) is 0 Å². The predicted octanol–water partition coefficient (Wildman–Crippen LogP) is 3.70. The zero-order valence-electron chi connectivity index (χ0n) is 21.4. The molecule has 0 aromatic carbocycles. The molecule has 3 N–H and O–H groups in total. The molecule has 0 aromatic rings. The van der Waals surface area contributed by atoms with Gasteiger partial charge in [0.2, 0.25) is 0 Å². The molecule has 0 amide bonds. The molecule has 0 bridgehead atoms. The minimum atomic E-state index is -1.70. The van der Waals surface area contributed by atoms with Crippen LogP contribution >= 0.6 is 11.6 Å². The molecule has 5 aliphatic rings. The number of cyclic esters (lactones) is 1. The second kappa shape index (κ2) is 7.89. The minimum absolute atomic E-state index is 0.0695. The lowest BCUT2D eigenvalue weighted by Crippen LogP contribution is -2.72. The molecule has 194 valence electrons. The number of aliphatic hydroxyl groups excluding tert-OH is 1. The van der Waals surface area contributed by atoms with Crippen molar-refractivity contribution in [2.24, 2.45) is 34.5 Å². The molecule has 3 saturated carbocycles. The van der Waals surface area contributed by atoms with Crippen LogP contribution in [0.1, 0.15) is 73.1 Å². The van der Waals surface area contributed by atoms with Gasteiger partial charge in [0.25, 0.3) is 0 Å². The van der Waals surface area contributed by atoms with Gasteiger partial charge in [0.1, 0.15) is 23.4 Å². The number of rotatable bonds is 2. The number of allylic oxidation sites excluding steroid dienone is 1. The van der Waals surface area contributed by atoms with E-state index in [1.54, 1.807) is 13.8 Å². The number of fused-ring (bicyclic) bond motifs is 5. The molecule has 4 aliphatic carbocycles. The van der Waals surface area contributed by atoms with Gasteiger partial charge in [0, 0.05) is 12.0 Å². The van der Waals surface area contributed by atoms with E-state index in [2.05, 4.69) is 6.92 Å². The zero-order chi connectivity index (χ0) is 25.7. The lowest BCUT2D eigenvalue weighted by atomic mass is 9.43. The predicted molar refractivity (Wildman–Crippen MR) is 131 cm³/mol. The van der Waals surface area contributed by atoms with Gasteiger partial charge in [-0.3, -0.25) is 4.79 Å². The van der Waals surface area contributed by atoms with Gasteiger partial charge in [-0.25, -0.2) is 4.79 Å². The van der Waals surface area contributed by atoms with Gasteiger partial charge in [0.05, 0.1) is 10.8 Å². The van der Waals surface area contributed by atoms with Crippen LogP contribution in [0.25, 0.3) is 0 Å². The molecule has 7 heteroatoms. The first-order chi connectivity index (χ1) is 16.2. The topological polar surface area (TPSA) is 104 Å². The minimum Gasteiger partial charge on any atom is -0.456 e. The van der Waals surface area contributed by atoms with E-state index in [1.807, 2.05) is 13.8 Å². The quantitative estimate of drug-likeness (QED) is 0.390. The number of esters is 1. The van der Waals surface area contributed by atoms with E-state index < -0.39 is 34.2 Å². The maximum atomic E-state index is 13.3. The average Bonchev–Trinajstić information content (AvgIpc) is 3.16. The van der Waals surface area contributed by atoms with Gasteiger partial charge in [0.15, 0.2) is 5.78 Å². The Morgan fingerprint density at radius 1 is 1.14 bits per heavy atom. The highest BCUT2D eigenvalue weighted by molar-refractivity contribution is 6.22. The molecular weight excluding hydrogens is 468 g/mol. The number of carbonyl (C=O) groups excluding carboxylic acids is 2. The molecule has 0 saturated heterocycles. The first kappa shape index (κ1) is 25.4. The van der Waals surface area contributed by atoms with E-state index in [1.165, 1.54) is 12.2 Å². The fourth-order valence-corrected chi connectivity index (χ4v) is 9.68. The van der Waals surface area contributed by atoms with E-state index in [9.17, 15) is 24.9 Å². The van der Waals surface area contributed by atoms with E-state index in [4.69, 9.17) is 16.3 Å². The van der Waals surface area contributed by atoms with Crippen LogP contribution in [0.2, 0.25) is 0 Å². The third-order valence-corrected chi connectivity index (χ3v) is 11.9. The summed E-state index contributed by atoms with van der Waals surface area (Å²) in [5.74, 6) is -0.370. The fourth-order valence-electron chi connectivity index (χ4n) is 9.12. The van der Waals surface area contributed by atoms with Crippen LogP contribution in [0.3, 0.4) is 0 Å². The van der Waals surface area contributed by atoms with E-state index in [-0.39, 0.29) is 40.8 Å². The van der Waals surface area contributed by atoms with Crippen LogP contribution < -0.4 is 0 Å². The molecule has 1 heterocycles. The van der Waals surface area contributed by atoms with Crippen molar-refractivity contribution < 1.29 is 29.6 Å². The van der Waals surface area contributed by atoms with Crippen molar-refractivity contribution >= 4 is 23.4 Å². The molecule has 5 rings (SSSR count). The maximum absolute atomic E-state index is 13.3. The first-order valence-electron chi connectivity index (χ1n) is 13.1. The highest BCUT2D eigenvalue weighted by Gasteiger charge is 2.71. The molecule has 3 fully saturated rings. The van der Waals surface area contributed by atoms with Crippen LogP contribution in [0, 0.1) is 34.5 Å². The summed E-state index contributed by atoms with van der Waals surface area (Å²) in [4.78, 5) is 25.7. The molecule has 0 spiro atoms. The average molecular weight is 507 g/mol. The number of halogens is 1. The lowest BCUT2D eigenvalue weighted by molar-refractivity contribution is -0.220. The highest BCUT2D eigenvalue weighted by Crippen LogP contribution is 2.69. The summed E-state index contributed by atoms with van der Waals surface area (Å²) in [6, 6.07) is 0. The number of ether oxygens (including phenoxy) is 1. The smallest absolute Gasteiger partial charge is 0.334 e. The summed E-state index contributed by atoms with van der Waals surface area (Å²) in [5.41, 5.74) is -2.67. The molecule has 6 nitrogen and oxygen atoms in total. The second-order valence-corrected chi connectivity index (χ2v) is 13.2. The molecule has 0 radical (unpaired) electrons. The molecule has 1 aliphatic heterocycles. The number of hydrogen-bond acceptors (Lipinski definition) is 6.